The Hall–Kier alpha value is -3.02. The summed E-state index contributed by atoms with van der Waals surface area (Å²) in [6.45, 7) is 7.64. The Balaban J connectivity index is 1.69. The predicted molar refractivity (Wildman–Crippen MR) is 137 cm³/mol. The van der Waals surface area contributed by atoms with E-state index in [0.717, 1.165) is 37.9 Å². The van der Waals surface area contributed by atoms with Gasteiger partial charge in [0.2, 0.25) is 0 Å². The fourth-order valence-corrected chi connectivity index (χ4v) is 3.42. The first-order valence-electron chi connectivity index (χ1n) is 12.9. The molecule has 1 atom stereocenters. The number of carbonyl (C=O) groups excluding carboxylic acids is 2. The minimum atomic E-state index is -0.740. The molecule has 0 saturated carbocycles. The molecule has 2 aromatic rings. The Morgan fingerprint density at radius 2 is 1.31 bits per heavy atom. The second kappa shape index (κ2) is 16.6. The second-order valence-corrected chi connectivity index (χ2v) is 8.86. The van der Waals surface area contributed by atoms with Crippen LogP contribution in [0.3, 0.4) is 0 Å². The number of ether oxygens (including phenoxy) is 4. The van der Waals surface area contributed by atoms with Crippen molar-refractivity contribution in [3.8, 4) is 17.2 Å². The van der Waals surface area contributed by atoms with Crippen molar-refractivity contribution in [3.05, 3.63) is 54.1 Å². The summed E-state index contributed by atoms with van der Waals surface area (Å²) in [4.78, 5) is 24.2. The van der Waals surface area contributed by atoms with Gasteiger partial charge in [-0.3, -0.25) is 0 Å². The summed E-state index contributed by atoms with van der Waals surface area (Å²) in [5, 5.41) is 0. The Labute approximate surface area is 209 Å². The van der Waals surface area contributed by atoms with Crippen LogP contribution in [0.4, 0.5) is 4.79 Å². The largest absolute Gasteiger partial charge is 0.513 e. The van der Waals surface area contributed by atoms with E-state index in [-0.39, 0.29) is 0 Å². The molecule has 0 aliphatic rings. The average molecular weight is 485 g/mol. The molecule has 0 aliphatic heterocycles. The molecule has 6 nitrogen and oxygen atoms in total. The van der Waals surface area contributed by atoms with Crippen LogP contribution in [0.15, 0.2) is 48.5 Å². The molecule has 0 heterocycles. The number of esters is 1. The lowest BCUT2D eigenvalue weighted by molar-refractivity contribution is 0.0734. The Bertz CT molecular complexity index is 860. The Morgan fingerprint density at radius 3 is 2.00 bits per heavy atom. The predicted octanol–water partition coefficient (Wildman–Crippen LogP) is 7.99. The van der Waals surface area contributed by atoms with Gasteiger partial charge in [0.1, 0.15) is 17.2 Å². The molecule has 0 bridgehead atoms. The lowest BCUT2D eigenvalue weighted by Gasteiger charge is -2.10. The summed E-state index contributed by atoms with van der Waals surface area (Å²) >= 11 is 0. The maximum Gasteiger partial charge on any atom is 0.513 e. The fraction of sp³-hybridized carbons (Fsp3) is 0.517. The summed E-state index contributed by atoms with van der Waals surface area (Å²) in [5.74, 6) is 1.71. The van der Waals surface area contributed by atoms with Gasteiger partial charge in [-0.1, -0.05) is 59.3 Å². The van der Waals surface area contributed by atoms with Crippen molar-refractivity contribution in [2.24, 2.45) is 5.92 Å². The molecule has 1 unspecified atom stereocenters. The van der Waals surface area contributed by atoms with Crippen molar-refractivity contribution in [2.75, 3.05) is 13.2 Å². The van der Waals surface area contributed by atoms with E-state index in [0.29, 0.717) is 36.2 Å². The number of benzene rings is 2. The zero-order valence-corrected chi connectivity index (χ0v) is 21.4. The molecule has 0 aromatic heterocycles. The Kier molecular flexibility index (Phi) is 13.4. The molecule has 6 heteroatoms. The van der Waals surface area contributed by atoms with Crippen LogP contribution in [0.25, 0.3) is 0 Å². The maximum atomic E-state index is 12.4. The van der Waals surface area contributed by atoms with E-state index in [1.807, 2.05) is 0 Å². The first-order chi connectivity index (χ1) is 17.0. The summed E-state index contributed by atoms with van der Waals surface area (Å²) in [5.41, 5.74) is 0.350. The van der Waals surface area contributed by atoms with Gasteiger partial charge in [0.25, 0.3) is 0 Å². The van der Waals surface area contributed by atoms with Gasteiger partial charge in [0, 0.05) is 0 Å². The molecule has 0 aliphatic carbocycles. The van der Waals surface area contributed by atoms with Crippen molar-refractivity contribution < 1.29 is 28.5 Å². The summed E-state index contributed by atoms with van der Waals surface area (Å²) in [6.07, 6.45) is 9.30. The van der Waals surface area contributed by atoms with E-state index in [4.69, 9.17) is 18.9 Å². The number of hydrogen-bond acceptors (Lipinski definition) is 6. The van der Waals surface area contributed by atoms with Gasteiger partial charge in [-0.25, -0.2) is 9.59 Å². The second-order valence-electron chi connectivity index (χ2n) is 8.86. The molecule has 0 spiro atoms. The quantitative estimate of drug-likeness (QED) is 0.104. The van der Waals surface area contributed by atoms with Crippen LogP contribution in [0.2, 0.25) is 0 Å². The highest BCUT2D eigenvalue weighted by atomic mass is 16.7. The van der Waals surface area contributed by atoms with Gasteiger partial charge < -0.3 is 18.9 Å². The van der Waals surface area contributed by atoms with Crippen molar-refractivity contribution in [1.82, 2.24) is 0 Å². The number of rotatable bonds is 16. The smallest absolute Gasteiger partial charge is 0.494 e. The van der Waals surface area contributed by atoms with E-state index >= 15 is 0 Å². The van der Waals surface area contributed by atoms with E-state index in [1.54, 1.807) is 48.5 Å². The molecule has 192 valence electrons. The van der Waals surface area contributed by atoms with Gasteiger partial charge in [0.15, 0.2) is 0 Å². The SMILES string of the molecule is CCCCCCCCOC(=O)Oc1ccc(C(=O)Oc2ccc(OCCCC(C)CC)cc2)cc1. The third-order valence-corrected chi connectivity index (χ3v) is 5.85. The number of unbranched alkanes of at least 4 members (excludes halogenated alkanes) is 5. The van der Waals surface area contributed by atoms with Crippen molar-refractivity contribution in [3.63, 3.8) is 0 Å². The molecule has 2 aromatic carbocycles. The summed E-state index contributed by atoms with van der Waals surface area (Å²) < 4.78 is 21.4. The highest BCUT2D eigenvalue weighted by Crippen LogP contribution is 2.20. The molecule has 0 N–H and O–H groups in total. The molecule has 0 radical (unpaired) electrons. The van der Waals surface area contributed by atoms with Crippen LogP contribution >= 0.6 is 0 Å². The van der Waals surface area contributed by atoms with Gasteiger partial charge in [-0.05, 0) is 73.7 Å². The van der Waals surface area contributed by atoms with Crippen LogP contribution < -0.4 is 14.2 Å². The van der Waals surface area contributed by atoms with Gasteiger partial charge >= 0.3 is 12.1 Å². The van der Waals surface area contributed by atoms with Crippen molar-refractivity contribution >= 4 is 12.1 Å². The standard InChI is InChI=1S/C29H40O6/c1-4-6-7-8-9-10-21-33-29(31)35-27-15-13-24(14-16-27)28(30)34-26-19-17-25(18-20-26)32-22-11-12-23(3)5-2/h13-20,23H,4-12,21-22H2,1-3H3. The minimum absolute atomic E-state index is 0.310. The zero-order chi connectivity index (χ0) is 25.3. The lowest BCUT2D eigenvalue weighted by atomic mass is 10.0. The molecule has 0 amide bonds. The van der Waals surface area contributed by atoms with Crippen LogP contribution in [0.5, 0.6) is 17.2 Å². The highest BCUT2D eigenvalue weighted by Gasteiger charge is 2.11. The van der Waals surface area contributed by atoms with Crippen LogP contribution in [-0.4, -0.2) is 25.3 Å². The third-order valence-electron chi connectivity index (χ3n) is 5.85. The molecule has 2 rings (SSSR count). The van der Waals surface area contributed by atoms with Crippen LogP contribution in [0.1, 0.15) is 88.9 Å². The molecule has 0 saturated heterocycles. The normalized spacial score (nSPS) is 11.5. The van der Waals surface area contributed by atoms with E-state index in [9.17, 15) is 9.59 Å². The molecule has 35 heavy (non-hydrogen) atoms. The van der Waals surface area contributed by atoms with Crippen LogP contribution in [0, 0.1) is 5.92 Å². The summed E-state index contributed by atoms with van der Waals surface area (Å²) in [6, 6.07) is 13.2. The zero-order valence-electron chi connectivity index (χ0n) is 21.4. The van der Waals surface area contributed by atoms with Gasteiger partial charge in [-0.15, -0.1) is 0 Å². The van der Waals surface area contributed by atoms with E-state index in [2.05, 4.69) is 20.8 Å². The van der Waals surface area contributed by atoms with Gasteiger partial charge in [-0.2, -0.15) is 0 Å². The van der Waals surface area contributed by atoms with Crippen LogP contribution in [-0.2, 0) is 4.74 Å². The van der Waals surface area contributed by atoms with Crippen molar-refractivity contribution in [2.45, 2.75) is 78.6 Å². The van der Waals surface area contributed by atoms with Crippen molar-refractivity contribution in [1.29, 1.82) is 0 Å². The third kappa shape index (κ3) is 11.8. The average Bonchev–Trinajstić information content (AvgIpc) is 2.87. The Morgan fingerprint density at radius 1 is 0.714 bits per heavy atom. The van der Waals surface area contributed by atoms with E-state index in [1.165, 1.54) is 25.7 Å². The maximum absolute atomic E-state index is 12.4. The number of carbonyl (C=O) groups is 2. The molecule has 0 fully saturated rings. The molecular weight excluding hydrogens is 444 g/mol. The minimum Gasteiger partial charge on any atom is -0.494 e. The number of hydrogen-bond donors (Lipinski definition) is 0. The first kappa shape index (κ1) is 28.2. The van der Waals surface area contributed by atoms with E-state index < -0.39 is 12.1 Å². The molecular formula is C29H40O6. The topological polar surface area (TPSA) is 71.1 Å². The fourth-order valence-electron chi connectivity index (χ4n) is 3.42. The first-order valence-corrected chi connectivity index (χ1v) is 12.9. The summed E-state index contributed by atoms with van der Waals surface area (Å²) in [7, 11) is 0. The highest BCUT2D eigenvalue weighted by molar-refractivity contribution is 5.91. The monoisotopic (exact) mass is 484 g/mol. The lowest BCUT2D eigenvalue weighted by Crippen LogP contribution is -2.12. The van der Waals surface area contributed by atoms with Gasteiger partial charge in [0.05, 0.1) is 18.8 Å².